The van der Waals surface area contributed by atoms with Gasteiger partial charge in [0.1, 0.15) is 17.1 Å². The van der Waals surface area contributed by atoms with Crippen LogP contribution in [0.15, 0.2) is 52.9 Å². The van der Waals surface area contributed by atoms with Crippen molar-refractivity contribution in [1.82, 2.24) is 5.32 Å². The molecular formula is C19H21NO3. The van der Waals surface area contributed by atoms with Crippen LogP contribution in [0.2, 0.25) is 0 Å². The number of benzene rings is 2. The number of rotatable bonds is 6. The Kier molecular flexibility index (Phi) is 4.65. The van der Waals surface area contributed by atoms with Crippen LogP contribution in [0.3, 0.4) is 0 Å². The molecule has 0 saturated heterocycles. The summed E-state index contributed by atoms with van der Waals surface area (Å²) in [4.78, 5) is 0. The summed E-state index contributed by atoms with van der Waals surface area (Å²) >= 11 is 0. The molecule has 0 aliphatic rings. The zero-order chi connectivity index (χ0) is 16.2. The van der Waals surface area contributed by atoms with E-state index in [1.54, 1.807) is 7.11 Å². The van der Waals surface area contributed by atoms with Gasteiger partial charge in [-0.25, -0.2) is 0 Å². The van der Waals surface area contributed by atoms with Crippen molar-refractivity contribution < 1.29 is 14.3 Å². The molecule has 4 heteroatoms. The summed E-state index contributed by atoms with van der Waals surface area (Å²) in [5.74, 6) is 1.63. The van der Waals surface area contributed by atoms with Crippen LogP contribution in [0.5, 0.6) is 5.75 Å². The lowest BCUT2D eigenvalue weighted by molar-refractivity contribution is 0.227. The standard InChI is InChI=1S/C19H21NO3/c1-13-16-5-3-4-6-18(16)23-19(13)17(12-21)20-11-14-7-9-15(22-2)10-8-14/h3-10,17,20-21H,11-12H2,1-2H3. The minimum atomic E-state index is -0.232. The van der Waals surface area contributed by atoms with Crippen molar-refractivity contribution in [1.29, 1.82) is 0 Å². The maximum absolute atomic E-state index is 9.75. The predicted molar refractivity (Wildman–Crippen MR) is 90.6 cm³/mol. The predicted octanol–water partition coefficient (Wildman–Crippen LogP) is 3.57. The number of hydrogen-bond donors (Lipinski definition) is 2. The first kappa shape index (κ1) is 15.6. The maximum atomic E-state index is 9.75. The number of aliphatic hydroxyl groups excluding tert-OH is 1. The molecule has 0 fully saturated rings. The van der Waals surface area contributed by atoms with Gasteiger partial charge in [-0.15, -0.1) is 0 Å². The van der Waals surface area contributed by atoms with Gasteiger partial charge in [0.25, 0.3) is 0 Å². The molecule has 0 aliphatic heterocycles. The second-order valence-corrected chi connectivity index (χ2v) is 5.55. The summed E-state index contributed by atoms with van der Waals surface area (Å²) in [5, 5.41) is 14.2. The number of aryl methyl sites for hydroxylation is 1. The molecule has 23 heavy (non-hydrogen) atoms. The number of nitrogens with one attached hydrogen (secondary N) is 1. The topological polar surface area (TPSA) is 54.6 Å². The Morgan fingerprint density at radius 3 is 2.52 bits per heavy atom. The van der Waals surface area contributed by atoms with Crippen molar-refractivity contribution >= 4 is 11.0 Å². The van der Waals surface area contributed by atoms with E-state index in [2.05, 4.69) is 5.32 Å². The number of furan rings is 1. The highest BCUT2D eigenvalue weighted by Gasteiger charge is 2.19. The monoisotopic (exact) mass is 311 g/mol. The van der Waals surface area contributed by atoms with Crippen LogP contribution in [0, 0.1) is 6.92 Å². The molecule has 0 saturated carbocycles. The Labute approximate surface area is 135 Å². The van der Waals surface area contributed by atoms with Crippen molar-refractivity contribution in [2.45, 2.75) is 19.5 Å². The lowest BCUT2D eigenvalue weighted by Crippen LogP contribution is -2.24. The van der Waals surface area contributed by atoms with Crippen LogP contribution in [0.25, 0.3) is 11.0 Å². The van der Waals surface area contributed by atoms with Gasteiger partial charge in [-0.1, -0.05) is 30.3 Å². The van der Waals surface area contributed by atoms with E-state index in [9.17, 15) is 5.11 Å². The second kappa shape index (κ2) is 6.86. The fraction of sp³-hybridized carbons (Fsp3) is 0.263. The van der Waals surface area contributed by atoms with Gasteiger partial charge >= 0.3 is 0 Å². The quantitative estimate of drug-likeness (QED) is 0.730. The average Bonchev–Trinajstić information content (AvgIpc) is 2.93. The first-order chi connectivity index (χ1) is 11.2. The van der Waals surface area contributed by atoms with Crippen LogP contribution in [-0.4, -0.2) is 18.8 Å². The molecule has 3 rings (SSSR count). The molecule has 0 amide bonds. The summed E-state index contributed by atoms with van der Waals surface area (Å²) in [6.07, 6.45) is 0. The number of ether oxygens (including phenoxy) is 1. The smallest absolute Gasteiger partial charge is 0.134 e. The van der Waals surface area contributed by atoms with E-state index in [-0.39, 0.29) is 12.6 Å². The average molecular weight is 311 g/mol. The number of fused-ring (bicyclic) bond motifs is 1. The normalized spacial score (nSPS) is 12.5. The van der Waals surface area contributed by atoms with Gasteiger partial charge in [0.15, 0.2) is 0 Å². The van der Waals surface area contributed by atoms with Crippen LogP contribution in [0.4, 0.5) is 0 Å². The number of methoxy groups -OCH3 is 1. The highest BCUT2D eigenvalue weighted by Crippen LogP contribution is 2.29. The minimum Gasteiger partial charge on any atom is -0.497 e. The van der Waals surface area contributed by atoms with Gasteiger partial charge in [-0.2, -0.15) is 0 Å². The van der Waals surface area contributed by atoms with E-state index in [1.165, 1.54) is 0 Å². The van der Waals surface area contributed by atoms with Crippen molar-refractivity contribution in [2.24, 2.45) is 0 Å². The van der Waals surface area contributed by atoms with Crippen molar-refractivity contribution in [3.05, 3.63) is 65.4 Å². The van der Waals surface area contributed by atoms with Crippen LogP contribution in [0.1, 0.15) is 22.9 Å². The van der Waals surface area contributed by atoms with Crippen molar-refractivity contribution in [2.75, 3.05) is 13.7 Å². The molecule has 3 aromatic rings. The number of aliphatic hydroxyl groups is 1. The van der Waals surface area contributed by atoms with Gasteiger partial charge in [0.2, 0.25) is 0 Å². The molecule has 0 bridgehead atoms. The first-order valence-corrected chi connectivity index (χ1v) is 7.68. The molecule has 120 valence electrons. The summed E-state index contributed by atoms with van der Waals surface area (Å²) in [6, 6.07) is 15.6. The Balaban J connectivity index is 1.77. The summed E-state index contributed by atoms with van der Waals surface area (Å²) in [5.41, 5.74) is 3.05. The lowest BCUT2D eigenvalue weighted by Gasteiger charge is -2.15. The first-order valence-electron chi connectivity index (χ1n) is 7.68. The largest absolute Gasteiger partial charge is 0.497 e. The molecule has 2 N–H and O–H groups in total. The molecule has 1 heterocycles. The van der Waals surface area contributed by atoms with E-state index >= 15 is 0 Å². The van der Waals surface area contributed by atoms with Gasteiger partial charge in [0, 0.05) is 17.5 Å². The zero-order valence-corrected chi connectivity index (χ0v) is 13.4. The van der Waals surface area contributed by atoms with Gasteiger partial charge in [-0.3, -0.25) is 0 Å². The number of para-hydroxylation sites is 1. The Hall–Kier alpha value is -2.30. The van der Waals surface area contributed by atoms with Crippen molar-refractivity contribution in [3.8, 4) is 5.75 Å². The summed E-state index contributed by atoms with van der Waals surface area (Å²) < 4.78 is 11.1. The molecule has 0 aliphatic carbocycles. The highest BCUT2D eigenvalue weighted by atomic mass is 16.5. The van der Waals surface area contributed by atoms with E-state index in [0.29, 0.717) is 6.54 Å². The molecule has 2 aromatic carbocycles. The van der Waals surface area contributed by atoms with Gasteiger partial charge < -0.3 is 19.6 Å². The molecule has 4 nitrogen and oxygen atoms in total. The molecule has 0 radical (unpaired) electrons. The number of hydrogen-bond acceptors (Lipinski definition) is 4. The second-order valence-electron chi connectivity index (χ2n) is 5.55. The molecule has 1 unspecified atom stereocenters. The Morgan fingerprint density at radius 1 is 1.13 bits per heavy atom. The van der Waals surface area contributed by atoms with E-state index in [1.807, 2.05) is 55.5 Å². The van der Waals surface area contributed by atoms with Crippen LogP contribution >= 0.6 is 0 Å². The third-order valence-corrected chi connectivity index (χ3v) is 4.09. The van der Waals surface area contributed by atoms with Gasteiger partial charge in [0.05, 0.1) is 19.8 Å². The summed E-state index contributed by atoms with van der Waals surface area (Å²) in [7, 11) is 1.65. The fourth-order valence-electron chi connectivity index (χ4n) is 2.75. The molecule has 1 atom stereocenters. The van der Waals surface area contributed by atoms with Crippen molar-refractivity contribution in [3.63, 3.8) is 0 Å². The van der Waals surface area contributed by atoms with E-state index < -0.39 is 0 Å². The minimum absolute atomic E-state index is 0.0170. The maximum Gasteiger partial charge on any atom is 0.134 e. The summed E-state index contributed by atoms with van der Waals surface area (Å²) in [6.45, 7) is 2.65. The third kappa shape index (κ3) is 3.23. The van der Waals surface area contributed by atoms with Crippen LogP contribution < -0.4 is 10.1 Å². The molecule has 1 aromatic heterocycles. The van der Waals surface area contributed by atoms with E-state index in [0.717, 1.165) is 33.6 Å². The van der Waals surface area contributed by atoms with E-state index in [4.69, 9.17) is 9.15 Å². The SMILES string of the molecule is COc1ccc(CNC(CO)c2oc3ccccc3c2C)cc1. The van der Waals surface area contributed by atoms with Crippen LogP contribution in [-0.2, 0) is 6.54 Å². The molecule has 0 spiro atoms. The lowest BCUT2D eigenvalue weighted by atomic mass is 10.1. The molecular weight excluding hydrogens is 290 g/mol. The fourth-order valence-corrected chi connectivity index (χ4v) is 2.75. The zero-order valence-electron chi connectivity index (χ0n) is 13.4. The van der Waals surface area contributed by atoms with Gasteiger partial charge in [-0.05, 0) is 30.7 Å². The highest BCUT2D eigenvalue weighted by molar-refractivity contribution is 5.82. The third-order valence-electron chi connectivity index (χ3n) is 4.09. The Morgan fingerprint density at radius 2 is 1.87 bits per heavy atom. The Bertz CT molecular complexity index is 777.